The van der Waals surface area contributed by atoms with Crippen LogP contribution in [0.5, 0.6) is 5.75 Å². The average Bonchev–Trinajstić information content (AvgIpc) is 2.98. The molecule has 1 aliphatic carbocycles. The van der Waals surface area contributed by atoms with Crippen LogP contribution in [0.2, 0.25) is 0 Å². The zero-order valence-electron chi connectivity index (χ0n) is 10.6. The third-order valence-electron chi connectivity index (χ3n) is 2.75. The van der Waals surface area contributed by atoms with Crippen LogP contribution in [-0.4, -0.2) is 11.1 Å². The smallest absolute Gasteiger partial charge is 0.433 e. The van der Waals surface area contributed by atoms with Crippen LogP contribution in [-0.2, 0) is 11.6 Å². The number of nitrogens with zero attached hydrogens (tertiary/aromatic N) is 1. The van der Waals surface area contributed by atoms with E-state index in [9.17, 15) is 13.2 Å². The van der Waals surface area contributed by atoms with Gasteiger partial charge in [-0.2, -0.15) is 13.2 Å². The van der Waals surface area contributed by atoms with Crippen molar-refractivity contribution in [1.29, 1.82) is 0 Å². The summed E-state index contributed by atoms with van der Waals surface area (Å²) in [5, 5.41) is 0. The normalized spacial score (nSPS) is 16.8. The van der Waals surface area contributed by atoms with Gasteiger partial charge in [-0.25, -0.2) is 0 Å². The third kappa shape index (κ3) is 2.76. The molecule has 0 atom stereocenters. The molecule has 0 aromatic carbocycles. The van der Waals surface area contributed by atoms with Crippen LogP contribution in [0, 0.1) is 0 Å². The molecule has 1 saturated carbocycles. The molecule has 5 heteroatoms. The summed E-state index contributed by atoms with van der Waals surface area (Å²) in [7, 11) is 0. The number of alkyl halides is 3. The van der Waals surface area contributed by atoms with E-state index in [0.29, 0.717) is 5.75 Å². The molecule has 0 bridgehead atoms. The highest BCUT2D eigenvalue weighted by Gasteiger charge is 2.40. The van der Waals surface area contributed by atoms with Crippen molar-refractivity contribution in [3.05, 3.63) is 23.5 Å². The van der Waals surface area contributed by atoms with Crippen LogP contribution in [0.3, 0.4) is 0 Å². The van der Waals surface area contributed by atoms with Gasteiger partial charge >= 0.3 is 6.18 Å². The minimum atomic E-state index is -4.45. The number of halogens is 3. The minimum absolute atomic E-state index is 0.0644. The maximum Gasteiger partial charge on any atom is 0.433 e. The monoisotopic (exact) mass is 259 g/mol. The molecule has 1 fully saturated rings. The second-order valence-electron chi connectivity index (χ2n) is 5.60. The van der Waals surface area contributed by atoms with Crippen molar-refractivity contribution in [3.63, 3.8) is 0 Å². The molecule has 0 aliphatic heterocycles. The van der Waals surface area contributed by atoms with Crippen molar-refractivity contribution in [2.45, 2.75) is 51.3 Å². The SMILES string of the molecule is CC(C)(C)c1c(OC2CC2)ccnc1C(F)(F)F. The highest BCUT2D eigenvalue weighted by Crippen LogP contribution is 2.42. The van der Waals surface area contributed by atoms with Gasteiger partial charge < -0.3 is 4.74 Å². The molecule has 1 aliphatic rings. The fourth-order valence-corrected chi connectivity index (χ4v) is 1.85. The van der Waals surface area contributed by atoms with Gasteiger partial charge in [0.15, 0.2) is 5.69 Å². The first-order valence-corrected chi connectivity index (χ1v) is 5.93. The molecule has 1 heterocycles. The van der Waals surface area contributed by atoms with E-state index in [2.05, 4.69) is 4.98 Å². The predicted molar refractivity (Wildman–Crippen MR) is 61.6 cm³/mol. The fourth-order valence-electron chi connectivity index (χ4n) is 1.85. The summed E-state index contributed by atoms with van der Waals surface area (Å²) >= 11 is 0. The molecule has 0 N–H and O–H groups in total. The Balaban J connectivity index is 2.52. The Bertz CT molecular complexity index is 445. The van der Waals surface area contributed by atoms with Crippen molar-refractivity contribution in [2.75, 3.05) is 0 Å². The molecule has 0 saturated heterocycles. The quantitative estimate of drug-likeness (QED) is 0.802. The van der Waals surface area contributed by atoms with E-state index >= 15 is 0 Å². The first-order chi connectivity index (χ1) is 8.19. The van der Waals surface area contributed by atoms with E-state index < -0.39 is 17.3 Å². The molecule has 0 radical (unpaired) electrons. The largest absolute Gasteiger partial charge is 0.490 e. The lowest BCUT2D eigenvalue weighted by molar-refractivity contribution is -0.142. The highest BCUT2D eigenvalue weighted by molar-refractivity contribution is 5.42. The van der Waals surface area contributed by atoms with Gasteiger partial charge in [-0.15, -0.1) is 0 Å². The number of hydrogen-bond donors (Lipinski definition) is 0. The molecular formula is C13H16F3NO. The van der Waals surface area contributed by atoms with Crippen molar-refractivity contribution >= 4 is 0 Å². The topological polar surface area (TPSA) is 22.1 Å². The minimum Gasteiger partial charge on any atom is -0.490 e. The Hall–Kier alpha value is -1.26. The highest BCUT2D eigenvalue weighted by atomic mass is 19.4. The molecular weight excluding hydrogens is 243 g/mol. The standard InChI is InChI=1S/C13H16F3NO/c1-12(2,3)10-9(18-8-4-5-8)6-7-17-11(10)13(14,15)16/h6-8H,4-5H2,1-3H3. The lowest BCUT2D eigenvalue weighted by Gasteiger charge is -2.26. The maximum absolute atomic E-state index is 13.0. The molecule has 1 aromatic heterocycles. The summed E-state index contributed by atoms with van der Waals surface area (Å²) in [5.74, 6) is 0.312. The Morgan fingerprint density at radius 1 is 1.22 bits per heavy atom. The van der Waals surface area contributed by atoms with Crippen molar-refractivity contribution in [2.24, 2.45) is 0 Å². The Morgan fingerprint density at radius 3 is 2.28 bits per heavy atom. The number of pyridine rings is 1. The average molecular weight is 259 g/mol. The Kier molecular flexibility index (Phi) is 3.03. The second kappa shape index (κ2) is 4.14. The summed E-state index contributed by atoms with van der Waals surface area (Å²) in [4.78, 5) is 3.50. The van der Waals surface area contributed by atoms with Gasteiger partial charge in [0.2, 0.25) is 0 Å². The number of ether oxygens (including phenoxy) is 1. The van der Waals surface area contributed by atoms with Crippen molar-refractivity contribution in [3.8, 4) is 5.75 Å². The number of aromatic nitrogens is 1. The molecule has 0 unspecified atom stereocenters. The maximum atomic E-state index is 13.0. The molecule has 100 valence electrons. The Morgan fingerprint density at radius 2 is 1.83 bits per heavy atom. The Labute approximate surface area is 104 Å². The van der Waals surface area contributed by atoms with E-state index in [1.54, 1.807) is 20.8 Å². The zero-order valence-corrected chi connectivity index (χ0v) is 10.6. The first kappa shape index (κ1) is 13.2. The van der Waals surface area contributed by atoms with E-state index in [1.165, 1.54) is 6.07 Å². The molecule has 2 rings (SSSR count). The van der Waals surface area contributed by atoms with Crippen molar-refractivity contribution < 1.29 is 17.9 Å². The van der Waals surface area contributed by atoms with Crippen LogP contribution < -0.4 is 4.74 Å². The lowest BCUT2D eigenvalue weighted by atomic mass is 9.85. The van der Waals surface area contributed by atoms with E-state index in [-0.39, 0.29) is 11.7 Å². The fraction of sp³-hybridized carbons (Fsp3) is 0.615. The molecule has 0 amide bonds. The van der Waals surface area contributed by atoms with Gasteiger partial charge in [0.05, 0.1) is 6.10 Å². The van der Waals surface area contributed by atoms with E-state index in [1.807, 2.05) is 0 Å². The summed E-state index contributed by atoms with van der Waals surface area (Å²) in [6.45, 7) is 5.21. The van der Waals surface area contributed by atoms with Gasteiger partial charge in [-0.3, -0.25) is 4.98 Å². The first-order valence-electron chi connectivity index (χ1n) is 5.93. The summed E-state index contributed by atoms with van der Waals surface area (Å²) < 4.78 is 44.6. The molecule has 18 heavy (non-hydrogen) atoms. The summed E-state index contributed by atoms with van der Waals surface area (Å²) in [6.07, 6.45) is -1.41. The van der Waals surface area contributed by atoms with Gasteiger partial charge in [-0.05, 0) is 24.3 Å². The van der Waals surface area contributed by atoms with E-state index in [0.717, 1.165) is 19.0 Å². The van der Waals surface area contributed by atoms with Crippen LogP contribution >= 0.6 is 0 Å². The molecule has 2 nitrogen and oxygen atoms in total. The predicted octanol–water partition coefficient (Wildman–Crippen LogP) is 3.94. The van der Waals surface area contributed by atoms with Gasteiger partial charge in [0.1, 0.15) is 5.75 Å². The third-order valence-corrected chi connectivity index (χ3v) is 2.75. The number of rotatable bonds is 2. The van der Waals surface area contributed by atoms with Crippen LogP contribution in [0.1, 0.15) is 44.9 Å². The van der Waals surface area contributed by atoms with Gasteiger partial charge in [-0.1, -0.05) is 20.8 Å². The summed E-state index contributed by atoms with van der Waals surface area (Å²) in [6, 6.07) is 1.52. The van der Waals surface area contributed by atoms with E-state index in [4.69, 9.17) is 4.74 Å². The molecule has 0 spiro atoms. The van der Waals surface area contributed by atoms with Crippen LogP contribution in [0.4, 0.5) is 13.2 Å². The zero-order chi connectivity index (χ0) is 13.6. The summed E-state index contributed by atoms with van der Waals surface area (Å²) in [5.41, 5.74) is -1.36. The second-order valence-corrected chi connectivity index (χ2v) is 5.60. The lowest BCUT2D eigenvalue weighted by Crippen LogP contribution is -2.22. The van der Waals surface area contributed by atoms with Crippen LogP contribution in [0.15, 0.2) is 12.3 Å². The van der Waals surface area contributed by atoms with Gasteiger partial charge in [0, 0.05) is 11.8 Å². The number of hydrogen-bond acceptors (Lipinski definition) is 2. The molecule has 1 aromatic rings. The van der Waals surface area contributed by atoms with Gasteiger partial charge in [0.25, 0.3) is 0 Å². The van der Waals surface area contributed by atoms with Crippen LogP contribution in [0.25, 0.3) is 0 Å². The van der Waals surface area contributed by atoms with Crippen molar-refractivity contribution in [1.82, 2.24) is 4.98 Å².